The molecule has 1 heterocycles. The Kier molecular flexibility index (Phi) is 3.69. The minimum atomic E-state index is -1.08. The lowest BCUT2D eigenvalue weighted by molar-refractivity contribution is 0.0697. The average molecular weight is 285 g/mol. The lowest BCUT2D eigenvalue weighted by atomic mass is 9.95. The van der Waals surface area contributed by atoms with Crippen molar-refractivity contribution in [1.29, 1.82) is 0 Å². The van der Waals surface area contributed by atoms with Crippen LogP contribution in [0.25, 0.3) is 11.1 Å². The SMILES string of the molecule is O=C(O)c1cnc(C2CCCC2)cc1-c1ccccc1F. The summed E-state index contributed by atoms with van der Waals surface area (Å²) in [5.74, 6) is -1.14. The molecule has 0 saturated heterocycles. The van der Waals surface area contributed by atoms with Crippen LogP contribution < -0.4 is 0 Å². The molecule has 0 spiro atoms. The number of pyridine rings is 1. The molecule has 3 nitrogen and oxygen atoms in total. The third-order valence-electron chi connectivity index (χ3n) is 4.09. The van der Waals surface area contributed by atoms with Gasteiger partial charge in [0.25, 0.3) is 0 Å². The molecule has 1 aliphatic rings. The number of rotatable bonds is 3. The predicted molar refractivity (Wildman–Crippen MR) is 77.8 cm³/mol. The topological polar surface area (TPSA) is 50.2 Å². The van der Waals surface area contributed by atoms with Gasteiger partial charge >= 0.3 is 5.97 Å². The summed E-state index contributed by atoms with van der Waals surface area (Å²) >= 11 is 0. The van der Waals surface area contributed by atoms with E-state index in [1.165, 1.54) is 25.1 Å². The van der Waals surface area contributed by atoms with Gasteiger partial charge in [0.05, 0.1) is 5.56 Å². The van der Waals surface area contributed by atoms with E-state index < -0.39 is 11.8 Å². The van der Waals surface area contributed by atoms with Crippen molar-refractivity contribution in [2.45, 2.75) is 31.6 Å². The highest BCUT2D eigenvalue weighted by atomic mass is 19.1. The van der Waals surface area contributed by atoms with Crippen molar-refractivity contribution in [2.75, 3.05) is 0 Å². The lowest BCUT2D eigenvalue weighted by Gasteiger charge is -2.13. The summed E-state index contributed by atoms with van der Waals surface area (Å²) in [6, 6.07) is 8.00. The summed E-state index contributed by atoms with van der Waals surface area (Å²) in [6.45, 7) is 0. The fourth-order valence-electron chi connectivity index (χ4n) is 2.99. The number of aromatic carboxylic acids is 1. The van der Waals surface area contributed by atoms with E-state index in [-0.39, 0.29) is 5.56 Å². The fourth-order valence-corrected chi connectivity index (χ4v) is 2.99. The van der Waals surface area contributed by atoms with Gasteiger partial charge in [0, 0.05) is 28.9 Å². The zero-order valence-electron chi connectivity index (χ0n) is 11.6. The van der Waals surface area contributed by atoms with E-state index in [0.29, 0.717) is 17.0 Å². The third kappa shape index (κ3) is 2.66. The molecule has 0 radical (unpaired) electrons. The maximum Gasteiger partial charge on any atom is 0.337 e. The molecule has 2 aromatic rings. The molecule has 1 saturated carbocycles. The molecule has 1 fully saturated rings. The second-order valence-electron chi connectivity index (χ2n) is 5.42. The molecule has 1 aromatic carbocycles. The Morgan fingerprint density at radius 1 is 1.19 bits per heavy atom. The monoisotopic (exact) mass is 285 g/mol. The van der Waals surface area contributed by atoms with Crippen molar-refractivity contribution in [3.63, 3.8) is 0 Å². The number of hydrogen-bond donors (Lipinski definition) is 1. The molecule has 4 heteroatoms. The quantitative estimate of drug-likeness (QED) is 0.917. The van der Waals surface area contributed by atoms with Crippen LogP contribution in [0, 0.1) is 5.82 Å². The maximum absolute atomic E-state index is 14.0. The van der Waals surface area contributed by atoms with Crippen molar-refractivity contribution in [3.05, 3.63) is 53.6 Å². The van der Waals surface area contributed by atoms with E-state index in [0.717, 1.165) is 18.5 Å². The first-order valence-corrected chi connectivity index (χ1v) is 7.15. The molecule has 21 heavy (non-hydrogen) atoms. The Labute approximate surface area is 122 Å². The molecule has 0 aliphatic heterocycles. The van der Waals surface area contributed by atoms with Gasteiger partial charge in [-0.3, -0.25) is 4.98 Å². The van der Waals surface area contributed by atoms with Gasteiger partial charge in [0.15, 0.2) is 0 Å². The van der Waals surface area contributed by atoms with Crippen LogP contribution in [0.5, 0.6) is 0 Å². The first-order chi connectivity index (χ1) is 10.2. The van der Waals surface area contributed by atoms with Crippen LogP contribution in [0.15, 0.2) is 36.5 Å². The average Bonchev–Trinajstić information content (AvgIpc) is 3.01. The molecule has 1 aliphatic carbocycles. The van der Waals surface area contributed by atoms with Crippen molar-refractivity contribution in [2.24, 2.45) is 0 Å². The largest absolute Gasteiger partial charge is 0.478 e. The van der Waals surface area contributed by atoms with Gasteiger partial charge in [-0.1, -0.05) is 31.0 Å². The van der Waals surface area contributed by atoms with Crippen LogP contribution in [-0.2, 0) is 0 Å². The van der Waals surface area contributed by atoms with E-state index in [9.17, 15) is 14.3 Å². The molecule has 0 bridgehead atoms. The summed E-state index contributed by atoms with van der Waals surface area (Å²) < 4.78 is 14.0. The molecule has 0 amide bonds. The van der Waals surface area contributed by atoms with E-state index in [2.05, 4.69) is 4.98 Å². The Bertz CT molecular complexity index is 678. The van der Waals surface area contributed by atoms with E-state index in [4.69, 9.17) is 0 Å². The number of carbonyl (C=O) groups is 1. The number of benzene rings is 1. The highest BCUT2D eigenvalue weighted by Gasteiger charge is 2.22. The third-order valence-corrected chi connectivity index (χ3v) is 4.09. The molecule has 3 rings (SSSR count). The summed E-state index contributed by atoms with van der Waals surface area (Å²) in [5, 5.41) is 9.31. The second-order valence-corrected chi connectivity index (χ2v) is 5.42. The minimum absolute atomic E-state index is 0.0434. The van der Waals surface area contributed by atoms with Crippen LogP contribution in [-0.4, -0.2) is 16.1 Å². The number of nitrogens with zero attached hydrogens (tertiary/aromatic N) is 1. The number of hydrogen-bond acceptors (Lipinski definition) is 2. The zero-order chi connectivity index (χ0) is 14.8. The fraction of sp³-hybridized carbons (Fsp3) is 0.294. The van der Waals surface area contributed by atoms with Gasteiger partial charge < -0.3 is 5.11 Å². The molecule has 0 atom stereocenters. The molecular weight excluding hydrogens is 269 g/mol. The number of carboxylic acids is 1. The van der Waals surface area contributed by atoms with Gasteiger partial charge in [-0.2, -0.15) is 0 Å². The van der Waals surface area contributed by atoms with Crippen LogP contribution in [0.1, 0.15) is 47.7 Å². The van der Waals surface area contributed by atoms with Gasteiger partial charge in [0.2, 0.25) is 0 Å². The molecule has 1 N–H and O–H groups in total. The molecular formula is C17H16FNO2. The van der Waals surface area contributed by atoms with Gasteiger partial charge in [-0.15, -0.1) is 0 Å². The van der Waals surface area contributed by atoms with Crippen molar-refractivity contribution < 1.29 is 14.3 Å². The standard InChI is InChI=1S/C17H16FNO2/c18-15-8-4-3-7-12(15)13-9-16(11-5-1-2-6-11)19-10-14(13)17(20)21/h3-4,7-11H,1-2,5-6H2,(H,20,21). The summed E-state index contributed by atoms with van der Waals surface area (Å²) in [7, 11) is 0. The van der Waals surface area contributed by atoms with Crippen molar-refractivity contribution in [1.82, 2.24) is 4.98 Å². The Morgan fingerprint density at radius 2 is 1.90 bits per heavy atom. The molecule has 1 aromatic heterocycles. The Hall–Kier alpha value is -2.23. The smallest absolute Gasteiger partial charge is 0.337 e. The molecule has 0 unspecified atom stereocenters. The normalized spacial score (nSPS) is 15.3. The molecule has 108 valence electrons. The Balaban J connectivity index is 2.13. The lowest BCUT2D eigenvalue weighted by Crippen LogP contribution is -2.05. The van der Waals surface area contributed by atoms with Gasteiger partial charge in [0.1, 0.15) is 5.82 Å². The van der Waals surface area contributed by atoms with Gasteiger partial charge in [-0.25, -0.2) is 9.18 Å². The highest BCUT2D eigenvalue weighted by molar-refractivity contribution is 5.95. The summed E-state index contributed by atoms with van der Waals surface area (Å²) in [6.07, 6.45) is 5.83. The highest BCUT2D eigenvalue weighted by Crippen LogP contribution is 2.36. The number of halogens is 1. The Morgan fingerprint density at radius 3 is 2.57 bits per heavy atom. The van der Waals surface area contributed by atoms with Crippen LogP contribution in [0.2, 0.25) is 0 Å². The van der Waals surface area contributed by atoms with E-state index in [1.54, 1.807) is 24.3 Å². The minimum Gasteiger partial charge on any atom is -0.478 e. The van der Waals surface area contributed by atoms with Crippen LogP contribution in [0.3, 0.4) is 0 Å². The summed E-state index contributed by atoms with van der Waals surface area (Å²) in [4.78, 5) is 15.7. The zero-order valence-corrected chi connectivity index (χ0v) is 11.6. The van der Waals surface area contributed by atoms with Crippen molar-refractivity contribution >= 4 is 5.97 Å². The maximum atomic E-state index is 14.0. The first-order valence-electron chi connectivity index (χ1n) is 7.15. The first kappa shape index (κ1) is 13.7. The van der Waals surface area contributed by atoms with Crippen molar-refractivity contribution in [3.8, 4) is 11.1 Å². The summed E-state index contributed by atoms with van der Waals surface area (Å²) in [5.41, 5.74) is 1.65. The van der Waals surface area contributed by atoms with Crippen LogP contribution in [0.4, 0.5) is 4.39 Å². The van der Waals surface area contributed by atoms with Crippen LogP contribution >= 0.6 is 0 Å². The van der Waals surface area contributed by atoms with E-state index >= 15 is 0 Å². The number of aromatic nitrogens is 1. The number of carboxylic acid groups (broad SMARTS) is 1. The predicted octanol–water partition coefficient (Wildman–Crippen LogP) is 4.24. The van der Waals surface area contributed by atoms with Gasteiger partial charge in [-0.05, 0) is 25.0 Å². The van der Waals surface area contributed by atoms with E-state index in [1.807, 2.05) is 0 Å². The second kappa shape index (κ2) is 5.64.